The van der Waals surface area contributed by atoms with Crippen LogP contribution in [0.15, 0.2) is 24.5 Å². The second kappa shape index (κ2) is 11.3. The molecule has 8 heteroatoms. The van der Waals surface area contributed by atoms with E-state index in [0.717, 1.165) is 69.0 Å². The van der Waals surface area contributed by atoms with E-state index < -0.39 is 0 Å². The average Bonchev–Trinajstić information content (AvgIpc) is 3.39. The SMILES string of the molecule is [C-]#[N+]c1cc(Nc2ncc(C3CCN(CC4CCCC4)CC3)c(NC3CCC(O)CC3)n2)ccn1. The number of nitrogens with one attached hydrogen (secondary N) is 2. The van der Waals surface area contributed by atoms with Crippen LogP contribution >= 0.6 is 0 Å². The first-order valence-electron chi connectivity index (χ1n) is 13.3. The van der Waals surface area contributed by atoms with Crippen LogP contribution in [0.5, 0.6) is 0 Å². The zero-order valence-electron chi connectivity index (χ0n) is 20.5. The van der Waals surface area contributed by atoms with Gasteiger partial charge in [-0.1, -0.05) is 19.4 Å². The van der Waals surface area contributed by atoms with Gasteiger partial charge in [0.15, 0.2) is 0 Å². The van der Waals surface area contributed by atoms with Crippen molar-refractivity contribution in [3.05, 3.63) is 41.5 Å². The molecule has 8 nitrogen and oxygen atoms in total. The van der Waals surface area contributed by atoms with Crippen LogP contribution in [0.3, 0.4) is 0 Å². The number of anilines is 3. The molecule has 3 aliphatic rings. The second-order valence-corrected chi connectivity index (χ2v) is 10.5. The third kappa shape index (κ3) is 6.28. The summed E-state index contributed by atoms with van der Waals surface area (Å²) in [6.07, 6.45) is 14.9. The van der Waals surface area contributed by atoms with Crippen LogP contribution in [0.4, 0.5) is 23.3 Å². The van der Waals surface area contributed by atoms with Gasteiger partial charge in [0.2, 0.25) is 5.95 Å². The Morgan fingerprint density at radius 2 is 1.80 bits per heavy atom. The molecule has 0 atom stereocenters. The van der Waals surface area contributed by atoms with Gasteiger partial charge < -0.3 is 25.5 Å². The molecule has 0 aromatic carbocycles. The number of nitrogens with zero attached hydrogens (tertiary/aromatic N) is 5. The Labute approximate surface area is 208 Å². The summed E-state index contributed by atoms with van der Waals surface area (Å²) in [5, 5.41) is 16.9. The summed E-state index contributed by atoms with van der Waals surface area (Å²) < 4.78 is 0. The summed E-state index contributed by atoms with van der Waals surface area (Å²) in [6.45, 7) is 10.8. The molecule has 0 radical (unpaired) electrons. The van der Waals surface area contributed by atoms with E-state index in [1.165, 1.54) is 37.8 Å². The van der Waals surface area contributed by atoms with E-state index in [-0.39, 0.29) is 6.10 Å². The molecule has 1 saturated heterocycles. The normalized spacial score (nSPS) is 24.2. The summed E-state index contributed by atoms with van der Waals surface area (Å²) in [6, 6.07) is 3.85. The minimum atomic E-state index is -0.178. The van der Waals surface area contributed by atoms with Gasteiger partial charge >= 0.3 is 0 Å². The molecule has 3 fully saturated rings. The van der Waals surface area contributed by atoms with Crippen LogP contribution in [-0.2, 0) is 0 Å². The maximum Gasteiger partial charge on any atom is 0.271 e. The Morgan fingerprint density at radius 3 is 2.54 bits per heavy atom. The van der Waals surface area contributed by atoms with Crippen molar-refractivity contribution in [3.8, 4) is 0 Å². The van der Waals surface area contributed by atoms with Gasteiger partial charge in [-0.3, -0.25) is 0 Å². The number of rotatable bonds is 7. The van der Waals surface area contributed by atoms with Crippen molar-refractivity contribution in [2.24, 2.45) is 5.92 Å². The molecule has 3 N–H and O–H groups in total. The fourth-order valence-electron chi connectivity index (χ4n) is 5.95. The third-order valence-electron chi connectivity index (χ3n) is 7.99. The van der Waals surface area contributed by atoms with Gasteiger partial charge in [-0.25, -0.2) is 4.98 Å². The van der Waals surface area contributed by atoms with E-state index in [4.69, 9.17) is 11.6 Å². The first kappa shape index (κ1) is 24.0. The molecular formula is C27H37N7O. The highest BCUT2D eigenvalue weighted by molar-refractivity contribution is 5.60. The summed E-state index contributed by atoms with van der Waals surface area (Å²) >= 11 is 0. The molecule has 5 rings (SSSR count). The van der Waals surface area contributed by atoms with Crippen LogP contribution in [0.1, 0.15) is 75.7 Å². The largest absolute Gasteiger partial charge is 0.393 e. The highest BCUT2D eigenvalue weighted by Crippen LogP contribution is 2.35. The number of hydrogen-bond donors (Lipinski definition) is 3. The van der Waals surface area contributed by atoms with Gasteiger partial charge in [-0.05, 0) is 82.4 Å². The lowest BCUT2D eigenvalue weighted by Gasteiger charge is -2.34. The van der Waals surface area contributed by atoms with Crippen molar-refractivity contribution in [2.75, 3.05) is 30.3 Å². The number of aromatic nitrogens is 3. The zero-order chi connectivity index (χ0) is 24.0. The van der Waals surface area contributed by atoms with Gasteiger partial charge in [0.1, 0.15) is 12.0 Å². The van der Waals surface area contributed by atoms with Gasteiger partial charge in [0.25, 0.3) is 5.82 Å². The Balaban J connectivity index is 1.30. The predicted octanol–water partition coefficient (Wildman–Crippen LogP) is 5.25. The first-order chi connectivity index (χ1) is 17.2. The second-order valence-electron chi connectivity index (χ2n) is 10.5. The van der Waals surface area contributed by atoms with E-state index >= 15 is 0 Å². The fraction of sp³-hybridized carbons (Fsp3) is 0.630. The number of aliphatic hydroxyl groups excluding tert-OH is 1. The number of likely N-dealkylation sites (tertiary alicyclic amines) is 1. The lowest BCUT2D eigenvalue weighted by molar-refractivity contribution is 0.126. The summed E-state index contributed by atoms with van der Waals surface area (Å²) in [4.78, 5) is 19.7. The summed E-state index contributed by atoms with van der Waals surface area (Å²) in [7, 11) is 0. The molecule has 2 saturated carbocycles. The highest BCUT2D eigenvalue weighted by Gasteiger charge is 2.28. The van der Waals surface area contributed by atoms with Crippen molar-refractivity contribution in [1.82, 2.24) is 19.9 Å². The van der Waals surface area contributed by atoms with Crippen molar-refractivity contribution < 1.29 is 5.11 Å². The summed E-state index contributed by atoms with van der Waals surface area (Å²) in [5.41, 5.74) is 1.96. The van der Waals surface area contributed by atoms with Gasteiger partial charge in [0, 0.05) is 36.1 Å². The van der Waals surface area contributed by atoms with Crippen molar-refractivity contribution >= 4 is 23.3 Å². The van der Waals surface area contributed by atoms with Crippen LogP contribution in [-0.4, -0.2) is 56.7 Å². The molecule has 0 amide bonds. The van der Waals surface area contributed by atoms with Crippen LogP contribution < -0.4 is 10.6 Å². The molecule has 2 aromatic rings. The number of hydrogen-bond acceptors (Lipinski definition) is 7. The van der Waals surface area contributed by atoms with E-state index in [1.54, 1.807) is 12.3 Å². The minimum absolute atomic E-state index is 0.178. The number of aliphatic hydroxyl groups is 1. The molecule has 2 aromatic heterocycles. The zero-order valence-corrected chi connectivity index (χ0v) is 20.5. The van der Waals surface area contributed by atoms with Gasteiger partial charge in [-0.2, -0.15) is 4.98 Å². The fourth-order valence-corrected chi connectivity index (χ4v) is 5.95. The molecular weight excluding hydrogens is 438 g/mol. The Bertz CT molecular complexity index is 1020. The summed E-state index contributed by atoms with van der Waals surface area (Å²) in [5.74, 6) is 3.13. The van der Waals surface area contributed by atoms with Crippen LogP contribution in [0, 0.1) is 12.5 Å². The quantitative estimate of drug-likeness (QED) is 0.471. The maximum atomic E-state index is 9.94. The maximum absolute atomic E-state index is 9.94. The van der Waals surface area contributed by atoms with E-state index in [1.807, 2.05) is 12.3 Å². The molecule has 3 heterocycles. The molecule has 1 aliphatic heterocycles. The van der Waals surface area contributed by atoms with E-state index in [9.17, 15) is 5.11 Å². The molecule has 35 heavy (non-hydrogen) atoms. The lowest BCUT2D eigenvalue weighted by Crippen LogP contribution is -2.36. The monoisotopic (exact) mass is 475 g/mol. The number of pyridine rings is 1. The molecule has 0 spiro atoms. The van der Waals surface area contributed by atoms with Crippen molar-refractivity contribution in [2.45, 2.75) is 82.3 Å². The lowest BCUT2D eigenvalue weighted by atomic mass is 9.89. The first-order valence-corrected chi connectivity index (χ1v) is 13.3. The average molecular weight is 476 g/mol. The van der Waals surface area contributed by atoms with Crippen LogP contribution in [0.25, 0.3) is 4.85 Å². The molecule has 0 unspecified atom stereocenters. The van der Waals surface area contributed by atoms with E-state index in [2.05, 4.69) is 30.3 Å². The topological polar surface area (TPSA) is 90.6 Å². The van der Waals surface area contributed by atoms with Crippen molar-refractivity contribution in [1.29, 1.82) is 0 Å². The third-order valence-corrected chi connectivity index (χ3v) is 7.99. The van der Waals surface area contributed by atoms with Gasteiger partial charge in [-0.15, -0.1) is 4.98 Å². The Morgan fingerprint density at radius 1 is 1.03 bits per heavy atom. The van der Waals surface area contributed by atoms with Gasteiger partial charge in [0.05, 0.1) is 6.10 Å². The molecule has 186 valence electrons. The Kier molecular flexibility index (Phi) is 7.75. The predicted molar refractivity (Wildman–Crippen MR) is 138 cm³/mol. The molecule has 2 aliphatic carbocycles. The standard InChI is InChI=1S/C27H37N7O/c1-28-25-16-22(10-13-29-25)32-27-30-17-24(26(33-27)31-21-6-8-23(35)9-7-21)20-11-14-34(15-12-20)18-19-4-2-3-5-19/h10,13,16-17,19-21,23,35H,2-9,11-12,14-15,18H2,(H2,29,30,31,32,33). The highest BCUT2D eigenvalue weighted by atomic mass is 16.3. The smallest absolute Gasteiger partial charge is 0.271 e. The minimum Gasteiger partial charge on any atom is -0.393 e. The number of piperidine rings is 1. The van der Waals surface area contributed by atoms with Crippen molar-refractivity contribution in [3.63, 3.8) is 0 Å². The Hall–Kier alpha value is -2.76. The van der Waals surface area contributed by atoms with E-state index in [0.29, 0.717) is 23.7 Å². The molecule has 0 bridgehead atoms. The van der Waals surface area contributed by atoms with Crippen LogP contribution in [0.2, 0.25) is 0 Å².